The highest BCUT2D eigenvalue weighted by Gasteiger charge is 2.14. The highest BCUT2D eigenvalue weighted by atomic mass is 79.9. The molecule has 0 unspecified atom stereocenters. The predicted octanol–water partition coefficient (Wildman–Crippen LogP) is 3.53. The molecule has 0 aromatic heterocycles. The maximum Gasteiger partial charge on any atom is 0.268 e. The van der Waals surface area contributed by atoms with Crippen molar-refractivity contribution in [2.45, 2.75) is 0 Å². The molecule has 0 atom stereocenters. The van der Waals surface area contributed by atoms with Gasteiger partial charge in [0.25, 0.3) is 11.8 Å². The van der Waals surface area contributed by atoms with Gasteiger partial charge in [-0.25, -0.2) is 0 Å². The van der Waals surface area contributed by atoms with Crippen molar-refractivity contribution in [1.29, 1.82) is 0 Å². The first kappa shape index (κ1) is 19.5. The summed E-state index contributed by atoms with van der Waals surface area (Å²) >= 11 is 3.33. The number of hydrogen-bond donors (Lipinski definition) is 2. The lowest BCUT2D eigenvalue weighted by molar-refractivity contribution is -0.117. The summed E-state index contributed by atoms with van der Waals surface area (Å²) in [6, 6.07) is 14.0. The van der Waals surface area contributed by atoms with Gasteiger partial charge in [-0.1, -0.05) is 34.1 Å². The lowest BCUT2D eigenvalue weighted by Gasteiger charge is -2.10. The van der Waals surface area contributed by atoms with E-state index in [0.717, 1.165) is 10.0 Å². The normalized spacial score (nSPS) is 10.8. The monoisotopic (exact) mass is 414 g/mol. The van der Waals surface area contributed by atoms with E-state index in [9.17, 15) is 9.59 Å². The molecule has 5 nitrogen and oxygen atoms in total. The Balaban J connectivity index is 2.25. The van der Waals surface area contributed by atoms with E-state index < -0.39 is 5.91 Å². The first-order chi connectivity index (χ1) is 12.5. The number of carbonyl (C=O) groups excluding carboxylic acids is 2. The molecule has 2 N–H and O–H groups in total. The minimum Gasteiger partial charge on any atom is -0.497 e. The summed E-state index contributed by atoms with van der Waals surface area (Å²) in [5.74, 6) is -0.0594. The van der Waals surface area contributed by atoms with Gasteiger partial charge in [-0.15, -0.1) is 6.58 Å². The van der Waals surface area contributed by atoms with Gasteiger partial charge in [0, 0.05) is 16.6 Å². The van der Waals surface area contributed by atoms with E-state index in [1.165, 1.54) is 0 Å². The van der Waals surface area contributed by atoms with Gasteiger partial charge in [0.15, 0.2) is 0 Å². The van der Waals surface area contributed by atoms with Gasteiger partial charge >= 0.3 is 0 Å². The third kappa shape index (κ3) is 5.60. The van der Waals surface area contributed by atoms with Crippen LogP contribution in [0.5, 0.6) is 5.75 Å². The molecule has 0 heterocycles. The van der Waals surface area contributed by atoms with Crippen molar-refractivity contribution in [3.63, 3.8) is 0 Å². The fourth-order valence-corrected chi connectivity index (χ4v) is 2.35. The van der Waals surface area contributed by atoms with Crippen LogP contribution in [0.15, 0.2) is 71.4 Å². The van der Waals surface area contributed by atoms with Crippen LogP contribution in [0.3, 0.4) is 0 Å². The van der Waals surface area contributed by atoms with Crippen LogP contribution >= 0.6 is 15.9 Å². The van der Waals surface area contributed by atoms with Crippen LogP contribution in [0.2, 0.25) is 0 Å². The Kier molecular flexibility index (Phi) is 7.17. The zero-order valence-corrected chi connectivity index (χ0v) is 15.9. The Bertz CT molecular complexity index is 812. The molecule has 134 valence electrons. The predicted molar refractivity (Wildman–Crippen MR) is 106 cm³/mol. The highest BCUT2D eigenvalue weighted by Crippen LogP contribution is 2.14. The van der Waals surface area contributed by atoms with E-state index in [-0.39, 0.29) is 11.6 Å². The second kappa shape index (κ2) is 9.58. The quantitative estimate of drug-likeness (QED) is 0.537. The number of methoxy groups -OCH3 is 1. The van der Waals surface area contributed by atoms with Crippen molar-refractivity contribution in [3.05, 3.63) is 82.5 Å². The van der Waals surface area contributed by atoms with Gasteiger partial charge in [-0.3, -0.25) is 9.59 Å². The van der Waals surface area contributed by atoms with Crippen LogP contribution in [0.4, 0.5) is 0 Å². The molecule has 26 heavy (non-hydrogen) atoms. The van der Waals surface area contributed by atoms with E-state index in [4.69, 9.17) is 4.74 Å². The molecular formula is C20H19BrN2O3. The van der Waals surface area contributed by atoms with E-state index in [1.54, 1.807) is 67.8 Å². The summed E-state index contributed by atoms with van der Waals surface area (Å²) in [6.07, 6.45) is 3.17. The molecule has 6 heteroatoms. The molecule has 2 rings (SSSR count). The zero-order valence-electron chi connectivity index (χ0n) is 14.3. The van der Waals surface area contributed by atoms with Crippen LogP contribution in [0, 0.1) is 0 Å². The number of rotatable bonds is 7. The Morgan fingerprint density at radius 1 is 1.12 bits per heavy atom. The standard InChI is InChI=1S/C20H19BrN2O3/c1-3-12-22-20(25)18(13-14-4-10-17(26-2)11-5-14)23-19(24)15-6-8-16(21)9-7-15/h3-11,13H,1,12H2,2H3,(H,22,25)(H,23,24)/b18-13+. The van der Waals surface area contributed by atoms with Crippen molar-refractivity contribution >= 4 is 33.8 Å². The molecule has 2 amide bonds. The number of amides is 2. The van der Waals surface area contributed by atoms with Crippen LogP contribution in [-0.4, -0.2) is 25.5 Å². The molecule has 0 aliphatic carbocycles. The minimum atomic E-state index is -0.397. The Hall–Kier alpha value is -2.86. The van der Waals surface area contributed by atoms with E-state index >= 15 is 0 Å². The van der Waals surface area contributed by atoms with Crippen LogP contribution < -0.4 is 15.4 Å². The van der Waals surface area contributed by atoms with Crippen LogP contribution in [0.25, 0.3) is 6.08 Å². The molecular weight excluding hydrogens is 396 g/mol. The molecule has 0 saturated carbocycles. The summed E-state index contributed by atoms with van der Waals surface area (Å²) < 4.78 is 5.99. The van der Waals surface area contributed by atoms with Crippen molar-refractivity contribution < 1.29 is 14.3 Å². The molecule has 0 bridgehead atoms. The molecule has 2 aromatic rings. The van der Waals surface area contributed by atoms with Gasteiger partial charge in [0.1, 0.15) is 11.4 Å². The first-order valence-corrected chi connectivity index (χ1v) is 8.64. The SMILES string of the molecule is C=CCNC(=O)/C(=C\c1ccc(OC)cc1)NC(=O)c1ccc(Br)cc1. The first-order valence-electron chi connectivity index (χ1n) is 7.85. The third-order valence-corrected chi connectivity index (χ3v) is 3.96. The fraction of sp³-hybridized carbons (Fsp3) is 0.100. The maximum absolute atomic E-state index is 12.4. The second-order valence-corrected chi connectivity index (χ2v) is 6.21. The second-order valence-electron chi connectivity index (χ2n) is 5.29. The van der Waals surface area contributed by atoms with E-state index in [2.05, 4.69) is 33.1 Å². The van der Waals surface area contributed by atoms with Crippen molar-refractivity contribution in [1.82, 2.24) is 10.6 Å². The molecule has 0 aliphatic heterocycles. The van der Waals surface area contributed by atoms with E-state index in [1.807, 2.05) is 0 Å². The summed E-state index contributed by atoms with van der Waals surface area (Å²) in [6.45, 7) is 3.87. The maximum atomic E-state index is 12.4. The third-order valence-electron chi connectivity index (χ3n) is 3.43. The Morgan fingerprint density at radius 2 is 1.77 bits per heavy atom. The average Bonchev–Trinajstić information content (AvgIpc) is 2.66. The van der Waals surface area contributed by atoms with Gasteiger partial charge < -0.3 is 15.4 Å². The summed E-state index contributed by atoms with van der Waals surface area (Å²) in [4.78, 5) is 24.8. The van der Waals surface area contributed by atoms with Crippen LogP contribution in [-0.2, 0) is 4.79 Å². The summed E-state index contributed by atoms with van der Waals surface area (Å²) in [5, 5.41) is 5.34. The number of hydrogen-bond acceptors (Lipinski definition) is 3. The van der Waals surface area contributed by atoms with Crippen molar-refractivity contribution in [2.24, 2.45) is 0 Å². The number of carbonyl (C=O) groups is 2. The Morgan fingerprint density at radius 3 is 2.35 bits per heavy atom. The molecule has 0 radical (unpaired) electrons. The molecule has 0 saturated heterocycles. The van der Waals surface area contributed by atoms with Crippen LogP contribution in [0.1, 0.15) is 15.9 Å². The van der Waals surface area contributed by atoms with Gasteiger partial charge in [0.05, 0.1) is 7.11 Å². The molecule has 0 fully saturated rings. The van der Waals surface area contributed by atoms with Gasteiger partial charge in [-0.2, -0.15) is 0 Å². The largest absolute Gasteiger partial charge is 0.497 e. The van der Waals surface area contributed by atoms with Gasteiger partial charge in [0.2, 0.25) is 0 Å². The number of ether oxygens (including phenoxy) is 1. The molecule has 0 spiro atoms. The molecule has 0 aliphatic rings. The van der Waals surface area contributed by atoms with Crippen molar-refractivity contribution in [3.8, 4) is 5.75 Å². The topological polar surface area (TPSA) is 67.4 Å². The Labute approximate surface area is 160 Å². The van der Waals surface area contributed by atoms with Gasteiger partial charge in [-0.05, 0) is 48.0 Å². The number of nitrogens with one attached hydrogen (secondary N) is 2. The molecule has 2 aromatic carbocycles. The number of benzene rings is 2. The zero-order chi connectivity index (χ0) is 18.9. The van der Waals surface area contributed by atoms with E-state index in [0.29, 0.717) is 17.9 Å². The summed E-state index contributed by atoms with van der Waals surface area (Å²) in [7, 11) is 1.58. The average molecular weight is 415 g/mol. The fourth-order valence-electron chi connectivity index (χ4n) is 2.08. The van der Waals surface area contributed by atoms with Crippen molar-refractivity contribution in [2.75, 3.05) is 13.7 Å². The smallest absolute Gasteiger partial charge is 0.268 e. The number of halogens is 1. The lowest BCUT2D eigenvalue weighted by Crippen LogP contribution is -2.34. The highest BCUT2D eigenvalue weighted by molar-refractivity contribution is 9.10. The lowest BCUT2D eigenvalue weighted by atomic mass is 10.1. The summed E-state index contributed by atoms with van der Waals surface area (Å²) in [5.41, 5.74) is 1.35. The minimum absolute atomic E-state index is 0.143.